The summed E-state index contributed by atoms with van der Waals surface area (Å²) in [6.07, 6.45) is 0. The summed E-state index contributed by atoms with van der Waals surface area (Å²) in [6, 6.07) is 65.2. The quantitative estimate of drug-likeness (QED) is 0.169. The lowest BCUT2D eigenvalue weighted by Gasteiger charge is -2.34. The highest BCUT2D eigenvalue weighted by atomic mass is 35.5. The summed E-state index contributed by atoms with van der Waals surface area (Å²) in [4.78, 5) is 13.6. The van der Waals surface area contributed by atoms with Crippen LogP contribution in [0.4, 0.5) is 0 Å². The van der Waals surface area contributed by atoms with Crippen LogP contribution in [0.5, 0.6) is 0 Å². The van der Waals surface area contributed by atoms with Crippen LogP contribution in [0.15, 0.2) is 182 Å². The first kappa shape index (κ1) is 30.4. The van der Waals surface area contributed by atoms with E-state index in [1.807, 2.05) is 30.3 Å². The number of hydrogen-bond acceptors (Lipinski definition) is 3. The largest absolute Gasteiger partial charge is 0.226 e. The minimum Gasteiger partial charge on any atom is -0.208 e. The van der Waals surface area contributed by atoms with Crippen LogP contribution in [0.25, 0.3) is 66.6 Å². The van der Waals surface area contributed by atoms with Crippen molar-refractivity contribution in [3.8, 4) is 45.0 Å². The monoisotopic (exact) mass is 683 g/mol. The smallest absolute Gasteiger partial charge is 0.208 e. The Balaban J connectivity index is 1.03. The Kier molecular flexibility index (Phi) is 7.09. The second kappa shape index (κ2) is 12.1. The molecule has 3 nitrogen and oxygen atoms in total. The van der Waals surface area contributed by atoms with Gasteiger partial charge in [0.2, 0.25) is 5.28 Å². The molecule has 0 atom stereocenters. The molecule has 244 valence electrons. The van der Waals surface area contributed by atoms with Gasteiger partial charge in [0.15, 0.2) is 11.6 Å². The molecule has 1 heterocycles. The van der Waals surface area contributed by atoms with Crippen LogP contribution in [0, 0.1) is 0 Å². The van der Waals surface area contributed by atoms with Gasteiger partial charge in [-0.3, -0.25) is 0 Å². The first-order valence-electron chi connectivity index (χ1n) is 17.5. The van der Waals surface area contributed by atoms with Crippen molar-refractivity contribution < 1.29 is 0 Å². The standard InChI is InChI=1S/C48H30ClN3/c49-47-51-45(32-11-3-1-4-12-32)50-46(52-47)36-24-28-40-35(30-36)20-19-34-29-33(23-27-39(34)40)31-21-25-38(26-22-31)48(37-13-5-2-6-14-37)43-17-9-7-15-41(43)42-16-8-10-18-44(42)48/h1-30H. The minimum atomic E-state index is -0.399. The minimum absolute atomic E-state index is 0.177. The van der Waals surface area contributed by atoms with Gasteiger partial charge in [-0.05, 0) is 89.8 Å². The van der Waals surface area contributed by atoms with Crippen LogP contribution in [-0.2, 0) is 5.41 Å². The van der Waals surface area contributed by atoms with E-state index in [9.17, 15) is 0 Å². The Morgan fingerprint density at radius 2 is 0.846 bits per heavy atom. The number of aromatic nitrogens is 3. The summed E-state index contributed by atoms with van der Waals surface area (Å²) in [7, 11) is 0. The average molecular weight is 684 g/mol. The summed E-state index contributed by atoms with van der Waals surface area (Å²) < 4.78 is 0. The van der Waals surface area contributed by atoms with E-state index < -0.39 is 5.41 Å². The lowest BCUT2D eigenvalue weighted by molar-refractivity contribution is 0.768. The van der Waals surface area contributed by atoms with E-state index >= 15 is 0 Å². The molecule has 4 heteroatoms. The predicted octanol–water partition coefficient (Wildman–Crippen LogP) is 12.2. The van der Waals surface area contributed by atoms with Gasteiger partial charge in [0.05, 0.1) is 5.41 Å². The van der Waals surface area contributed by atoms with Crippen molar-refractivity contribution in [1.29, 1.82) is 0 Å². The molecule has 52 heavy (non-hydrogen) atoms. The lowest BCUT2D eigenvalue weighted by Crippen LogP contribution is -2.28. The Morgan fingerprint density at radius 3 is 1.48 bits per heavy atom. The molecule has 0 N–H and O–H groups in total. The molecule has 0 aliphatic heterocycles. The van der Waals surface area contributed by atoms with Gasteiger partial charge in [-0.15, -0.1) is 0 Å². The molecule has 1 aromatic heterocycles. The van der Waals surface area contributed by atoms with Crippen LogP contribution < -0.4 is 0 Å². The van der Waals surface area contributed by atoms with E-state index in [0.29, 0.717) is 11.6 Å². The first-order chi connectivity index (χ1) is 25.7. The van der Waals surface area contributed by atoms with Crippen LogP contribution in [0.3, 0.4) is 0 Å². The predicted molar refractivity (Wildman–Crippen MR) is 213 cm³/mol. The third kappa shape index (κ3) is 4.78. The van der Waals surface area contributed by atoms with Crippen molar-refractivity contribution in [1.82, 2.24) is 15.0 Å². The zero-order chi connectivity index (χ0) is 34.6. The Labute approximate surface area is 306 Å². The second-order valence-electron chi connectivity index (χ2n) is 13.3. The maximum atomic E-state index is 6.37. The van der Waals surface area contributed by atoms with Gasteiger partial charge in [-0.25, -0.2) is 4.98 Å². The molecule has 0 radical (unpaired) electrons. The summed E-state index contributed by atoms with van der Waals surface area (Å²) in [5.74, 6) is 1.11. The second-order valence-corrected chi connectivity index (χ2v) is 13.7. The lowest BCUT2D eigenvalue weighted by atomic mass is 9.67. The molecule has 1 aliphatic rings. The van der Waals surface area contributed by atoms with E-state index in [2.05, 4.69) is 162 Å². The zero-order valence-electron chi connectivity index (χ0n) is 28.0. The van der Waals surface area contributed by atoms with E-state index in [4.69, 9.17) is 16.6 Å². The highest BCUT2D eigenvalue weighted by Gasteiger charge is 2.45. The van der Waals surface area contributed by atoms with Gasteiger partial charge in [0.25, 0.3) is 0 Å². The molecule has 8 aromatic carbocycles. The number of benzene rings is 8. The van der Waals surface area contributed by atoms with Gasteiger partial charge in [-0.1, -0.05) is 170 Å². The normalized spacial score (nSPS) is 12.9. The van der Waals surface area contributed by atoms with Gasteiger partial charge < -0.3 is 0 Å². The number of fused-ring (bicyclic) bond motifs is 6. The van der Waals surface area contributed by atoms with E-state index in [0.717, 1.165) is 16.5 Å². The summed E-state index contributed by atoms with van der Waals surface area (Å²) in [6.45, 7) is 0. The molecule has 0 saturated heterocycles. The summed E-state index contributed by atoms with van der Waals surface area (Å²) >= 11 is 6.37. The fraction of sp³-hybridized carbons (Fsp3) is 0.0208. The van der Waals surface area contributed by atoms with E-state index in [1.54, 1.807) is 0 Å². The number of rotatable bonds is 5. The van der Waals surface area contributed by atoms with Gasteiger partial charge in [0, 0.05) is 11.1 Å². The molecule has 9 aromatic rings. The topological polar surface area (TPSA) is 38.7 Å². The third-order valence-electron chi connectivity index (χ3n) is 10.5. The van der Waals surface area contributed by atoms with Crippen LogP contribution in [0.2, 0.25) is 5.28 Å². The molecule has 1 aliphatic carbocycles. The fourth-order valence-electron chi connectivity index (χ4n) is 8.21. The fourth-order valence-corrected chi connectivity index (χ4v) is 8.37. The van der Waals surface area contributed by atoms with Gasteiger partial charge >= 0.3 is 0 Å². The third-order valence-corrected chi connectivity index (χ3v) is 10.7. The number of nitrogens with zero attached hydrogens (tertiary/aromatic N) is 3. The van der Waals surface area contributed by atoms with Crippen molar-refractivity contribution in [3.05, 3.63) is 210 Å². The first-order valence-corrected chi connectivity index (χ1v) is 17.8. The number of hydrogen-bond donors (Lipinski definition) is 0. The molecule has 0 saturated carbocycles. The van der Waals surface area contributed by atoms with Crippen molar-refractivity contribution in [2.45, 2.75) is 5.41 Å². The Hall–Kier alpha value is -6.42. The van der Waals surface area contributed by atoms with Gasteiger partial charge in [0.1, 0.15) is 0 Å². The number of halogens is 1. The molecule has 0 bridgehead atoms. The van der Waals surface area contributed by atoms with Crippen molar-refractivity contribution in [2.75, 3.05) is 0 Å². The molecule has 0 spiro atoms. The zero-order valence-corrected chi connectivity index (χ0v) is 28.8. The van der Waals surface area contributed by atoms with Crippen molar-refractivity contribution in [2.24, 2.45) is 0 Å². The van der Waals surface area contributed by atoms with Crippen LogP contribution in [-0.4, -0.2) is 15.0 Å². The van der Waals surface area contributed by atoms with E-state index in [1.165, 1.54) is 60.7 Å². The van der Waals surface area contributed by atoms with Crippen molar-refractivity contribution in [3.63, 3.8) is 0 Å². The molecular weight excluding hydrogens is 654 g/mol. The van der Waals surface area contributed by atoms with E-state index in [-0.39, 0.29) is 5.28 Å². The maximum absolute atomic E-state index is 6.37. The van der Waals surface area contributed by atoms with Crippen molar-refractivity contribution >= 4 is 33.1 Å². The molecule has 0 unspecified atom stereocenters. The molecular formula is C48H30ClN3. The highest BCUT2D eigenvalue weighted by Crippen LogP contribution is 2.56. The van der Waals surface area contributed by atoms with Crippen LogP contribution in [0.1, 0.15) is 22.3 Å². The summed E-state index contributed by atoms with van der Waals surface area (Å²) in [5, 5.41) is 4.86. The molecule has 0 amide bonds. The Bertz CT molecular complexity index is 2750. The highest BCUT2D eigenvalue weighted by molar-refractivity contribution is 6.28. The van der Waals surface area contributed by atoms with Gasteiger partial charge in [-0.2, -0.15) is 9.97 Å². The summed E-state index contributed by atoms with van der Waals surface area (Å²) in [5.41, 5.74) is 11.5. The molecule has 0 fully saturated rings. The Morgan fingerprint density at radius 1 is 0.365 bits per heavy atom. The molecule has 10 rings (SSSR count). The van der Waals surface area contributed by atoms with Crippen LogP contribution >= 0.6 is 11.6 Å². The SMILES string of the molecule is Clc1nc(-c2ccccc2)nc(-c2ccc3c(ccc4cc(-c5ccc(C6(c7ccccc7)c7ccccc7-c7ccccc76)cc5)ccc43)c2)n1. The maximum Gasteiger partial charge on any atom is 0.226 e. The average Bonchev–Trinajstić information content (AvgIpc) is 3.52.